The van der Waals surface area contributed by atoms with Gasteiger partial charge in [0.05, 0.1) is 6.10 Å². The van der Waals surface area contributed by atoms with Gasteiger partial charge in [-0.15, -0.1) is 0 Å². The molecule has 0 unspecified atom stereocenters. The van der Waals surface area contributed by atoms with Crippen molar-refractivity contribution in [3.63, 3.8) is 0 Å². The van der Waals surface area contributed by atoms with Crippen LogP contribution in [0.15, 0.2) is 30.5 Å². The molecule has 0 aliphatic rings. The van der Waals surface area contributed by atoms with Crippen LogP contribution in [0.2, 0.25) is 0 Å². The average molecular weight is 164 g/mol. The Morgan fingerprint density at radius 3 is 2.83 bits per heavy atom. The number of rotatable bonds is 2. The maximum atomic E-state index is 9.01. The van der Waals surface area contributed by atoms with E-state index in [0.29, 0.717) is 0 Å². The molecule has 0 spiro atoms. The standard InChI is InChI=1S/C10H14NO/c1-9(12)6-7-10-5-3-4-8-11(10)2/h3-9,12H,1-2H3/q+1/b7-6-/t9-/m0/s1. The predicted octanol–water partition coefficient (Wildman–Crippen LogP) is 0.905. The monoisotopic (exact) mass is 164 g/mol. The van der Waals surface area contributed by atoms with Gasteiger partial charge in [0.25, 0.3) is 0 Å². The van der Waals surface area contributed by atoms with E-state index in [4.69, 9.17) is 5.11 Å². The number of aliphatic hydroxyl groups excluding tert-OH is 1. The number of aryl methyl sites for hydroxylation is 1. The molecule has 2 nitrogen and oxygen atoms in total. The van der Waals surface area contributed by atoms with Crippen molar-refractivity contribution in [1.29, 1.82) is 0 Å². The molecule has 0 aliphatic carbocycles. The van der Waals surface area contributed by atoms with Crippen LogP contribution >= 0.6 is 0 Å². The van der Waals surface area contributed by atoms with Crippen LogP contribution in [0.4, 0.5) is 0 Å². The highest BCUT2D eigenvalue weighted by atomic mass is 16.3. The van der Waals surface area contributed by atoms with E-state index in [1.54, 1.807) is 13.0 Å². The lowest BCUT2D eigenvalue weighted by Crippen LogP contribution is -2.30. The summed E-state index contributed by atoms with van der Waals surface area (Å²) < 4.78 is 2.00. The number of nitrogens with zero attached hydrogens (tertiary/aromatic N) is 1. The zero-order valence-corrected chi connectivity index (χ0v) is 7.44. The lowest BCUT2D eigenvalue weighted by molar-refractivity contribution is -0.673. The van der Waals surface area contributed by atoms with Crippen LogP contribution in [0, 0.1) is 0 Å². The third-order valence-corrected chi connectivity index (χ3v) is 1.64. The molecular formula is C10H14NO+. The molecule has 0 aromatic carbocycles. The van der Waals surface area contributed by atoms with Crippen LogP contribution < -0.4 is 4.57 Å². The van der Waals surface area contributed by atoms with Gasteiger partial charge in [-0.2, -0.15) is 0 Å². The van der Waals surface area contributed by atoms with Crippen molar-refractivity contribution in [1.82, 2.24) is 0 Å². The Morgan fingerprint density at radius 1 is 1.50 bits per heavy atom. The molecule has 0 aliphatic heterocycles. The molecule has 1 N–H and O–H groups in total. The van der Waals surface area contributed by atoms with E-state index in [-0.39, 0.29) is 6.10 Å². The normalized spacial score (nSPS) is 13.6. The summed E-state index contributed by atoms with van der Waals surface area (Å²) in [4.78, 5) is 0. The van der Waals surface area contributed by atoms with Crippen molar-refractivity contribution >= 4 is 6.08 Å². The molecular weight excluding hydrogens is 150 g/mol. The Balaban J connectivity index is 2.82. The summed E-state index contributed by atoms with van der Waals surface area (Å²) in [6.07, 6.45) is 5.26. The van der Waals surface area contributed by atoms with Gasteiger partial charge in [0.15, 0.2) is 6.20 Å². The van der Waals surface area contributed by atoms with Gasteiger partial charge in [-0.1, -0.05) is 0 Å². The quantitative estimate of drug-likeness (QED) is 0.645. The maximum Gasteiger partial charge on any atom is 0.204 e. The molecule has 2 heteroatoms. The summed E-state index contributed by atoms with van der Waals surface area (Å²) in [6.45, 7) is 1.74. The van der Waals surface area contributed by atoms with Gasteiger partial charge >= 0.3 is 0 Å². The number of aromatic nitrogens is 1. The molecule has 1 rings (SSSR count). The minimum Gasteiger partial charge on any atom is -0.389 e. The van der Waals surface area contributed by atoms with E-state index < -0.39 is 0 Å². The van der Waals surface area contributed by atoms with Gasteiger partial charge in [-0.05, 0) is 19.1 Å². The van der Waals surface area contributed by atoms with Crippen molar-refractivity contribution in [2.24, 2.45) is 7.05 Å². The first kappa shape index (κ1) is 8.94. The molecule has 0 radical (unpaired) electrons. The average Bonchev–Trinajstić information content (AvgIpc) is 2.03. The first-order valence-corrected chi connectivity index (χ1v) is 4.01. The van der Waals surface area contributed by atoms with Gasteiger partial charge in [-0.3, -0.25) is 0 Å². The van der Waals surface area contributed by atoms with Crippen LogP contribution in [-0.4, -0.2) is 11.2 Å². The first-order chi connectivity index (χ1) is 5.70. The summed E-state index contributed by atoms with van der Waals surface area (Å²) in [6, 6.07) is 5.94. The number of pyridine rings is 1. The summed E-state index contributed by atoms with van der Waals surface area (Å²) in [5.41, 5.74) is 1.08. The van der Waals surface area contributed by atoms with E-state index >= 15 is 0 Å². The Hall–Kier alpha value is -1.15. The van der Waals surface area contributed by atoms with Gasteiger partial charge in [0.2, 0.25) is 5.69 Å². The second kappa shape index (κ2) is 4.02. The summed E-state index contributed by atoms with van der Waals surface area (Å²) in [5, 5.41) is 9.01. The Morgan fingerprint density at radius 2 is 2.25 bits per heavy atom. The fourth-order valence-electron chi connectivity index (χ4n) is 0.948. The molecule has 1 atom stereocenters. The minimum atomic E-state index is -0.384. The summed E-state index contributed by atoms with van der Waals surface area (Å²) in [5.74, 6) is 0. The first-order valence-electron chi connectivity index (χ1n) is 4.01. The largest absolute Gasteiger partial charge is 0.389 e. The van der Waals surface area contributed by atoms with E-state index in [1.165, 1.54) is 0 Å². The fourth-order valence-corrected chi connectivity index (χ4v) is 0.948. The van der Waals surface area contributed by atoms with Crippen molar-refractivity contribution in [2.45, 2.75) is 13.0 Å². The highest BCUT2D eigenvalue weighted by Crippen LogP contribution is 1.95. The lowest BCUT2D eigenvalue weighted by atomic mass is 10.3. The van der Waals surface area contributed by atoms with Gasteiger partial charge < -0.3 is 5.11 Å². The van der Waals surface area contributed by atoms with E-state index in [9.17, 15) is 0 Å². The van der Waals surface area contributed by atoms with Crippen LogP contribution in [0.5, 0.6) is 0 Å². The van der Waals surface area contributed by atoms with Gasteiger partial charge in [0.1, 0.15) is 7.05 Å². The van der Waals surface area contributed by atoms with Crippen LogP contribution in [0.3, 0.4) is 0 Å². The smallest absolute Gasteiger partial charge is 0.204 e. The minimum absolute atomic E-state index is 0.384. The molecule has 0 fully saturated rings. The second-order valence-electron chi connectivity index (χ2n) is 2.84. The fraction of sp³-hybridized carbons (Fsp3) is 0.300. The van der Waals surface area contributed by atoms with E-state index in [2.05, 4.69) is 0 Å². The SMILES string of the molecule is C[C@H](O)/C=C\c1cccc[n+]1C. The Bertz CT molecular complexity index is 279. The molecule has 0 bridgehead atoms. The highest BCUT2D eigenvalue weighted by Gasteiger charge is 1.98. The third kappa shape index (κ3) is 2.47. The van der Waals surface area contributed by atoms with Crippen molar-refractivity contribution in [2.75, 3.05) is 0 Å². The topological polar surface area (TPSA) is 24.1 Å². The zero-order chi connectivity index (χ0) is 8.97. The molecule has 0 amide bonds. The summed E-state index contributed by atoms with van der Waals surface area (Å²) >= 11 is 0. The zero-order valence-electron chi connectivity index (χ0n) is 7.44. The molecule has 1 heterocycles. The highest BCUT2D eigenvalue weighted by molar-refractivity contribution is 5.41. The van der Waals surface area contributed by atoms with Crippen molar-refractivity contribution in [3.8, 4) is 0 Å². The lowest BCUT2D eigenvalue weighted by Gasteiger charge is -1.94. The van der Waals surface area contributed by atoms with E-state index in [0.717, 1.165) is 5.69 Å². The van der Waals surface area contributed by atoms with Crippen LogP contribution in [-0.2, 0) is 7.05 Å². The molecule has 0 saturated heterocycles. The molecule has 64 valence electrons. The Labute approximate surface area is 72.8 Å². The van der Waals surface area contributed by atoms with E-state index in [1.807, 2.05) is 42.1 Å². The maximum absolute atomic E-state index is 9.01. The number of aliphatic hydroxyl groups is 1. The number of hydrogen-bond donors (Lipinski definition) is 1. The molecule has 0 saturated carbocycles. The van der Waals surface area contributed by atoms with Crippen LogP contribution in [0.1, 0.15) is 12.6 Å². The molecule has 1 aromatic rings. The molecule has 1 aromatic heterocycles. The van der Waals surface area contributed by atoms with Crippen LogP contribution in [0.25, 0.3) is 6.08 Å². The van der Waals surface area contributed by atoms with Crippen molar-refractivity contribution in [3.05, 3.63) is 36.2 Å². The van der Waals surface area contributed by atoms with Gasteiger partial charge in [0, 0.05) is 18.2 Å². The number of hydrogen-bond acceptors (Lipinski definition) is 1. The Kier molecular flexibility index (Phi) is 3.00. The predicted molar refractivity (Wildman–Crippen MR) is 48.3 cm³/mol. The van der Waals surface area contributed by atoms with Crippen molar-refractivity contribution < 1.29 is 9.67 Å². The van der Waals surface area contributed by atoms with Gasteiger partial charge in [-0.25, -0.2) is 4.57 Å². The second-order valence-corrected chi connectivity index (χ2v) is 2.84. The summed E-state index contributed by atoms with van der Waals surface area (Å²) in [7, 11) is 1.97. The third-order valence-electron chi connectivity index (χ3n) is 1.64. The molecule has 12 heavy (non-hydrogen) atoms.